The molecule has 0 radical (unpaired) electrons. The largest absolute Gasteiger partial charge is 0.389 e. The van der Waals surface area contributed by atoms with Gasteiger partial charge in [-0.2, -0.15) is 0 Å². The number of aliphatic hydroxyl groups is 1. The highest BCUT2D eigenvalue weighted by molar-refractivity contribution is 7.99. The summed E-state index contributed by atoms with van der Waals surface area (Å²) in [5.74, 6) is 0.821. The van der Waals surface area contributed by atoms with E-state index in [2.05, 4.69) is 5.32 Å². The summed E-state index contributed by atoms with van der Waals surface area (Å²) >= 11 is 1.61. The zero-order chi connectivity index (χ0) is 14.7. The van der Waals surface area contributed by atoms with Crippen molar-refractivity contribution >= 4 is 11.8 Å². The van der Waals surface area contributed by atoms with Crippen molar-refractivity contribution in [3.63, 3.8) is 0 Å². The van der Waals surface area contributed by atoms with Crippen LogP contribution in [0.25, 0.3) is 0 Å². The maximum absolute atomic E-state index is 13.9. The van der Waals surface area contributed by atoms with Crippen molar-refractivity contribution in [3.8, 4) is 0 Å². The minimum atomic E-state index is -0.575. The first-order chi connectivity index (χ1) is 10.2. The fourth-order valence-corrected chi connectivity index (χ4v) is 4.62. The Kier molecular flexibility index (Phi) is 4.87. The summed E-state index contributed by atoms with van der Waals surface area (Å²) in [7, 11) is 0. The highest BCUT2D eigenvalue weighted by atomic mass is 32.2. The van der Waals surface area contributed by atoms with Crippen molar-refractivity contribution in [1.82, 2.24) is 5.32 Å². The van der Waals surface area contributed by atoms with Crippen LogP contribution in [0.1, 0.15) is 56.6 Å². The number of hydrogen-bond donors (Lipinski definition) is 2. The topological polar surface area (TPSA) is 32.3 Å². The molecule has 1 aliphatic heterocycles. The normalized spacial score (nSPS) is 25.1. The van der Waals surface area contributed by atoms with E-state index in [1.807, 2.05) is 6.07 Å². The standard InChI is InChI=1S/C17H24FNOS/c18-14-7-5-6-13-15(8-11-21-16(13)14)19-12-17(20)9-3-1-2-4-10-17/h5-7,15,19-20H,1-4,8-12H2. The first-order valence-corrected chi connectivity index (χ1v) is 9.03. The molecule has 1 fully saturated rings. The van der Waals surface area contributed by atoms with Crippen LogP contribution in [0.4, 0.5) is 4.39 Å². The van der Waals surface area contributed by atoms with Crippen LogP contribution in [0.3, 0.4) is 0 Å². The molecule has 4 heteroatoms. The lowest BCUT2D eigenvalue weighted by Gasteiger charge is -2.32. The van der Waals surface area contributed by atoms with E-state index in [0.717, 1.165) is 48.3 Å². The Balaban J connectivity index is 1.68. The van der Waals surface area contributed by atoms with E-state index >= 15 is 0 Å². The second-order valence-electron chi connectivity index (χ2n) is 6.37. The number of nitrogens with one attached hydrogen (secondary N) is 1. The third-order valence-electron chi connectivity index (χ3n) is 4.74. The SMILES string of the molecule is OC1(CNC2CCSc3c(F)cccc32)CCCCCC1. The number of rotatable bonds is 3. The van der Waals surface area contributed by atoms with Gasteiger partial charge in [-0.3, -0.25) is 0 Å². The molecule has 2 nitrogen and oxygen atoms in total. The predicted octanol–water partition coefficient (Wildman–Crippen LogP) is 4.04. The minimum Gasteiger partial charge on any atom is -0.389 e. The van der Waals surface area contributed by atoms with Gasteiger partial charge in [0.05, 0.1) is 5.60 Å². The molecule has 0 spiro atoms. The molecule has 116 valence electrons. The van der Waals surface area contributed by atoms with Gasteiger partial charge in [0, 0.05) is 17.5 Å². The van der Waals surface area contributed by atoms with E-state index < -0.39 is 5.60 Å². The Hall–Kier alpha value is -0.580. The fourth-order valence-electron chi connectivity index (χ4n) is 3.48. The first-order valence-electron chi connectivity index (χ1n) is 8.05. The molecular formula is C17H24FNOS. The Bertz CT molecular complexity index is 486. The van der Waals surface area contributed by atoms with Crippen molar-refractivity contribution in [2.75, 3.05) is 12.3 Å². The molecule has 3 rings (SSSR count). The van der Waals surface area contributed by atoms with Gasteiger partial charge in [-0.1, -0.05) is 37.8 Å². The molecule has 1 unspecified atom stereocenters. The average molecular weight is 309 g/mol. The lowest BCUT2D eigenvalue weighted by molar-refractivity contribution is 0.0224. The van der Waals surface area contributed by atoms with E-state index in [-0.39, 0.29) is 11.9 Å². The molecule has 1 aromatic rings. The highest BCUT2D eigenvalue weighted by Gasteiger charge is 2.30. The third-order valence-corrected chi connectivity index (χ3v) is 5.90. The smallest absolute Gasteiger partial charge is 0.137 e. The van der Waals surface area contributed by atoms with Crippen LogP contribution in [0.5, 0.6) is 0 Å². The summed E-state index contributed by atoms with van der Waals surface area (Å²) < 4.78 is 13.9. The predicted molar refractivity (Wildman–Crippen MR) is 85.1 cm³/mol. The molecule has 1 atom stereocenters. The van der Waals surface area contributed by atoms with E-state index in [9.17, 15) is 9.50 Å². The molecule has 1 saturated carbocycles. The summed E-state index contributed by atoms with van der Waals surface area (Å²) in [5, 5.41) is 14.3. The number of benzene rings is 1. The molecule has 1 aliphatic carbocycles. The summed E-state index contributed by atoms with van der Waals surface area (Å²) in [6.45, 7) is 0.623. The van der Waals surface area contributed by atoms with Gasteiger partial charge in [-0.15, -0.1) is 11.8 Å². The maximum Gasteiger partial charge on any atom is 0.137 e. The van der Waals surface area contributed by atoms with Gasteiger partial charge in [-0.05, 0) is 36.6 Å². The Morgan fingerprint density at radius 1 is 1.24 bits per heavy atom. The Morgan fingerprint density at radius 2 is 2.00 bits per heavy atom. The second kappa shape index (κ2) is 6.67. The lowest BCUT2D eigenvalue weighted by Crippen LogP contribution is -2.42. The number of thioether (sulfide) groups is 1. The number of halogens is 1. The fraction of sp³-hybridized carbons (Fsp3) is 0.647. The van der Waals surface area contributed by atoms with Crippen molar-refractivity contribution in [2.24, 2.45) is 0 Å². The Labute approximate surface area is 130 Å². The number of hydrogen-bond acceptors (Lipinski definition) is 3. The lowest BCUT2D eigenvalue weighted by atomic mass is 9.93. The van der Waals surface area contributed by atoms with Crippen molar-refractivity contribution in [1.29, 1.82) is 0 Å². The van der Waals surface area contributed by atoms with Gasteiger partial charge in [0.2, 0.25) is 0 Å². The highest BCUT2D eigenvalue weighted by Crippen LogP contribution is 2.38. The maximum atomic E-state index is 13.9. The summed E-state index contributed by atoms with van der Waals surface area (Å²) in [6, 6.07) is 5.51. The minimum absolute atomic E-state index is 0.114. The van der Waals surface area contributed by atoms with Crippen LogP contribution in [0, 0.1) is 5.82 Å². The zero-order valence-electron chi connectivity index (χ0n) is 12.4. The molecule has 1 heterocycles. The second-order valence-corrected chi connectivity index (χ2v) is 7.47. The first kappa shape index (κ1) is 15.3. The molecule has 2 aliphatic rings. The van der Waals surface area contributed by atoms with Gasteiger partial charge in [0.1, 0.15) is 5.82 Å². The Morgan fingerprint density at radius 3 is 2.76 bits per heavy atom. The van der Waals surface area contributed by atoms with Crippen molar-refractivity contribution in [2.45, 2.75) is 61.5 Å². The van der Waals surface area contributed by atoms with E-state index in [4.69, 9.17) is 0 Å². The van der Waals surface area contributed by atoms with Crippen molar-refractivity contribution in [3.05, 3.63) is 29.6 Å². The van der Waals surface area contributed by atoms with Crippen LogP contribution in [0.15, 0.2) is 23.1 Å². The number of fused-ring (bicyclic) bond motifs is 1. The molecule has 0 amide bonds. The average Bonchev–Trinajstić information content (AvgIpc) is 2.71. The van der Waals surface area contributed by atoms with Crippen LogP contribution in [0.2, 0.25) is 0 Å². The van der Waals surface area contributed by atoms with Crippen molar-refractivity contribution < 1.29 is 9.50 Å². The zero-order valence-corrected chi connectivity index (χ0v) is 13.2. The summed E-state index contributed by atoms with van der Waals surface area (Å²) in [4.78, 5) is 0.786. The van der Waals surface area contributed by atoms with Gasteiger partial charge in [0.15, 0.2) is 0 Å². The van der Waals surface area contributed by atoms with Crippen LogP contribution < -0.4 is 5.32 Å². The van der Waals surface area contributed by atoms with Crippen LogP contribution >= 0.6 is 11.8 Å². The molecule has 21 heavy (non-hydrogen) atoms. The summed E-state index contributed by atoms with van der Waals surface area (Å²) in [5.41, 5.74) is 0.484. The van der Waals surface area contributed by atoms with E-state index in [1.165, 1.54) is 18.9 Å². The van der Waals surface area contributed by atoms with E-state index in [0.29, 0.717) is 6.54 Å². The van der Waals surface area contributed by atoms with E-state index in [1.54, 1.807) is 17.8 Å². The van der Waals surface area contributed by atoms with Gasteiger partial charge >= 0.3 is 0 Å². The van der Waals surface area contributed by atoms with Gasteiger partial charge in [-0.25, -0.2) is 4.39 Å². The van der Waals surface area contributed by atoms with Gasteiger partial charge < -0.3 is 10.4 Å². The van der Waals surface area contributed by atoms with Crippen LogP contribution in [-0.4, -0.2) is 23.0 Å². The third kappa shape index (κ3) is 3.61. The van der Waals surface area contributed by atoms with Gasteiger partial charge in [0.25, 0.3) is 0 Å². The molecule has 1 aromatic carbocycles. The molecule has 0 aromatic heterocycles. The molecular weight excluding hydrogens is 285 g/mol. The molecule has 0 bridgehead atoms. The molecule has 0 saturated heterocycles. The quantitative estimate of drug-likeness (QED) is 0.827. The van der Waals surface area contributed by atoms with Crippen LogP contribution in [-0.2, 0) is 0 Å². The monoisotopic (exact) mass is 309 g/mol. The molecule has 2 N–H and O–H groups in total. The summed E-state index contributed by atoms with van der Waals surface area (Å²) in [6.07, 6.45) is 7.47.